The van der Waals surface area contributed by atoms with Gasteiger partial charge in [0.05, 0.1) is 5.69 Å². The van der Waals surface area contributed by atoms with Gasteiger partial charge in [0.25, 0.3) is 0 Å². The first-order chi connectivity index (χ1) is 7.90. The molecule has 3 N–H and O–H groups in total. The number of benzene rings is 1. The van der Waals surface area contributed by atoms with Crippen molar-refractivity contribution in [2.75, 3.05) is 13.1 Å². The first-order valence-electron chi connectivity index (χ1n) is 5.40. The number of nitrogens with zero attached hydrogens (tertiary/aromatic N) is 2. The van der Waals surface area contributed by atoms with E-state index in [9.17, 15) is 0 Å². The normalized spacial score (nSPS) is 10.6. The fraction of sp³-hybridized carbons (Fsp3) is 0.250. The van der Waals surface area contributed by atoms with Gasteiger partial charge in [0.2, 0.25) is 0 Å². The third-order valence-corrected chi connectivity index (χ3v) is 2.36. The Morgan fingerprint density at radius 1 is 1.25 bits per heavy atom. The van der Waals surface area contributed by atoms with E-state index < -0.39 is 0 Å². The summed E-state index contributed by atoms with van der Waals surface area (Å²) in [4.78, 5) is 0. The molecule has 4 nitrogen and oxygen atoms in total. The van der Waals surface area contributed by atoms with E-state index in [0.717, 1.165) is 18.8 Å². The van der Waals surface area contributed by atoms with Crippen molar-refractivity contribution in [3.63, 3.8) is 0 Å². The number of hydrogen-bond donors (Lipinski definition) is 2. The fourth-order valence-corrected chi connectivity index (χ4v) is 1.52. The topological polar surface area (TPSA) is 55.9 Å². The Hall–Kier alpha value is -1.65. The molecule has 84 valence electrons. The van der Waals surface area contributed by atoms with Gasteiger partial charge in [-0.15, -0.1) is 0 Å². The summed E-state index contributed by atoms with van der Waals surface area (Å²) in [6.45, 7) is 2.38. The summed E-state index contributed by atoms with van der Waals surface area (Å²) in [5, 5.41) is 7.43. The van der Waals surface area contributed by atoms with Gasteiger partial charge in [0, 0.05) is 32.0 Å². The van der Waals surface area contributed by atoms with Crippen molar-refractivity contribution in [3.05, 3.63) is 48.3 Å². The molecule has 0 aliphatic heterocycles. The van der Waals surface area contributed by atoms with E-state index in [4.69, 9.17) is 5.73 Å². The van der Waals surface area contributed by atoms with Crippen LogP contribution in [0.5, 0.6) is 0 Å². The van der Waals surface area contributed by atoms with Crippen molar-refractivity contribution in [1.82, 2.24) is 15.1 Å². The summed E-state index contributed by atoms with van der Waals surface area (Å²) in [6, 6.07) is 10.2. The molecule has 0 radical (unpaired) electrons. The Balaban J connectivity index is 2.00. The molecule has 0 spiro atoms. The minimum Gasteiger partial charge on any atom is -0.329 e. The Morgan fingerprint density at radius 2 is 2.06 bits per heavy atom. The summed E-state index contributed by atoms with van der Waals surface area (Å²) in [6.07, 6.45) is 3.71. The van der Waals surface area contributed by atoms with Crippen LogP contribution in [0.15, 0.2) is 42.7 Å². The molecule has 0 saturated carbocycles. The third-order valence-electron chi connectivity index (χ3n) is 2.36. The standard InChI is InChI=1S/C12H16N4/c13-6-8-14-10-11-2-4-12(5-3-11)16-9-1-7-15-16/h1-5,7,9,14H,6,8,10,13H2. The third kappa shape index (κ3) is 2.68. The van der Waals surface area contributed by atoms with E-state index in [-0.39, 0.29) is 0 Å². The molecule has 2 rings (SSSR count). The highest BCUT2D eigenvalue weighted by Crippen LogP contribution is 2.08. The van der Waals surface area contributed by atoms with Crippen LogP contribution in [-0.2, 0) is 6.54 Å². The van der Waals surface area contributed by atoms with Crippen molar-refractivity contribution in [2.45, 2.75) is 6.54 Å². The number of rotatable bonds is 5. The zero-order valence-corrected chi connectivity index (χ0v) is 9.13. The summed E-state index contributed by atoms with van der Waals surface area (Å²) in [7, 11) is 0. The first-order valence-corrected chi connectivity index (χ1v) is 5.40. The molecule has 0 saturated heterocycles. The molecule has 1 aromatic carbocycles. The molecule has 0 aliphatic carbocycles. The van der Waals surface area contributed by atoms with Crippen LogP contribution in [0, 0.1) is 0 Å². The van der Waals surface area contributed by atoms with Crippen LogP contribution in [0.2, 0.25) is 0 Å². The number of nitrogens with one attached hydrogen (secondary N) is 1. The number of aromatic nitrogens is 2. The van der Waals surface area contributed by atoms with Crippen LogP contribution in [0.3, 0.4) is 0 Å². The van der Waals surface area contributed by atoms with Crippen molar-refractivity contribution >= 4 is 0 Å². The predicted octanol–water partition coefficient (Wildman–Crippen LogP) is 0.921. The average molecular weight is 216 g/mol. The van der Waals surface area contributed by atoms with E-state index >= 15 is 0 Å². The van der Waals surface area contributed by atoms with E-state index in [1.807, 2.05) is 16.9 Å². The fourth-order valence-electron chi connectivity index (χ4n) is 1.52. The molecule has 1 aromatic heterocycles. The van der Waals surface area contributed by atoms with Crippen LogP contribution in [0.25, 0.3) is 5.69 Å². The van der Waals surface area contributed by atoms with E-state index in [2.05, 4.69) is 34.7 Å². The predicted molar refractivity (Wildman–Crippen MR) is 64.3 cm³/mol. The first kappa shape index (κ1) is 10.9. The number of nitrogens with two attached hydrogens (primary N) is 1. The molecule has 0 bridgehead atoms. The molecule has 2 aromatic rings. The van der Waals surface area contributed by atoms with Gasteiger partial charge in [-0.2, -0.15) is 5.10 Å². The van der Waals surface area contributed by atoms with Crippen molar-refractivity contribution in [1.29, 1.82) is 0 Å². The lowest BCUT2D eigenvalue weighted by molar-refractivity contribution is 0.694. The minimum absolute atomic E-state index is 0.672. The highest BCUT2D eigenvalue weighted by Gasteiger charge is 1.96. The SMILES string of the molecule is NCCNCc1ccc(-n2cccn2)cc1. The average Bonchev–Trinajstić information content (AvgIpc) is 2.84. The van der Waals surface area contributed by atoms with Gasteiger partial charge in [-0.1, -0.05) is 12.1 Å². The Bertz CT molecular complexity index is 405. The van der Waals surface area contributed by atoms with Gasteiger partial charge < -0.3 is 11.1 Å². The van der Waals surface area contributed by atoms with Crippen LogP contribution >= 0.6 is 0 Å². The lowest BCUT2D eigenvalue weighted by Crippen LogP contribution is -2.21. The Kier molecular flexibility index (Phi) is 3.69. The quantitative estimate of drug-likeness (QED) is 0.731. The molecule has 0 amide bonds. The zero-order valence-electron chi connectivity index (χ0n) is 9.13. The summed E-state index contributed by atoms with van der Waals surface area (Å²) in [5.41, 5.74) is 7.74. The summed E-state index contributed by atoms with van der Waals surface area (Å²) >= 11 is 0. The van der Waals surface area contributed by atoms with Gasteiger partial charge in [0.15, 0.2) is 0 Å². The second-order valence-corrected chi connectivity index (χ2v) is 3.58. The molecular weight excluding hydrogens is 200 g/mol. The van der Waals surface area contributed by atoms with Crippen LogP contribution < -0.4 is 11.1 Å². The largest absolute Gasteiger partial charge is 0.329 e. The molecule has 0 unspecified atom stereocenters. The van der Waals surface area contributed by atoms with Gasteiger partial charge in [-0.05, 0) is 23.8 Å². The highest BCUT2D eigenvalue weighted by molar-refractivity contribution is 5.33. The maximum atomic E-state index is 5.41. The van der Waals surface area contributed by atoms with Crippen LogP contribution in [0.1, 0.15) is 5.56 Å². The molecular formula is C12H16N4. The van der Waals surface area contributed by atoms with E-state index in [0.29, 0.717) is 6.54 Å². The zero-order chi connectivity index (χ0) is 11.2. The molecule has 0 aliphatic rings. The second kappa shape index (κ2) is 5.44. The molecule has 16 heavy (non-hydrogen) atoms. The highest BCUT2D eigenvalue weighted by atomic mass is 15.3. The second-order valence-electron chi connectivity index (χ2n) is 3.58. The van der Waals surface area contributed by atoms with Crippen molar-refractivity contribution < 1.29 is 0 Å². The summed E-state index contributed by atoms with van der Waals surface area (Å²) in [5.74, 6) is 0. The monoisotopic (exact) mass is 216 g/mol. The van der Waals surface area contributed by atoms with Crippen LogP contribution in [0.4, 0.5) is 0 Å². The maximum absolute atomic E-state index is 5.41. The van der Waals surface area contributed by atoms with E-state index in [1.165, 1.54) is 5.56 Å². The van der Waals surface area contributed by atoms with Crippen molar-refractivity contribution in [2.24, 2.45) is 5.73 Å². The number of hydrogen-bond acceptors (Lipinski definition) is 3. The Labute approximate surface area is 95.1 Å². The molecule has 0 atom stereocenters. The smallest absolute Gasteiger partial charge is 0.0645 e. The lowest BCUT2D eigenvalue weighted by Gasteiger charge is -2.05. The van der Waals surface area contributed by atoms with Crippen molar-refractivity contribution in [3.8, 4) is 5.69 Å². The molecule has 1 heterocycles. The summed E-state index contributed by atoms with van der Waals surface area (Å²) < 4.78 is 1.84. The van der Waals surface area contributed by atoms with E-state index in [1.54, 1.807) is 6.20 Å². The Morgan fingerprint density at radius 3 is 2.69 bits per heavy atom. The molecule has 0 fully saturated rings. The lowest BCUT2D eigenvalue weighted by atomic mass is 10.2. The van der Waals surface area contributed by atoms with Gasteiger partial charge in [-0.25, -0.2) is 4.68 Å². The molecule has 4 heteroatoms. The van der Waals surface area contributed by atoms with Gasteiger partial charge in [-0.3, -0.25) is 0 Å². The maximum Gasteiger partial charge on any atom is 0.0645 e. The van der Waals surface area contributed by atoms with Gasteiger partial charge in [0.1, 0.15) is 0 Å². The van der Waals surface area contributed by atoms with Gasteiger partial charge >= 0.3 is 0 Å². The van der Waals surface area contributed by atoms with Crippen LogP contribution in [-0.4, -0.2) is 22.9 Å². The minimum atomic E-state index is 0.672.